The summed E-state index contributed by atoms with van der Waals surface area (Å²) in [6.45, 7) is 27.2. The lowest BCUT2D eigenvalue weighted by molar-refractivity contribution is 0.875. The summed E-state index contributed by atoms with van der Waals surface area (Å²) in [5.41, 5.74) is 2.89. The van der Waals surface area contributed by atoms with Crippen molar-refractivity contribution in [3.8, 4) is 48.8 Å². The lowest BCUT2D eigenvalue weighted by Crippen LogP contribution is -1.92. The molecule has 0 spiro atoms. The lowest BCUT2D eigenvalue weighted by atomic mass is 9.90. The second-order valence-electron chi connectivity index (χ2n) is 19.2. The van der Waals surface area contributed by atoms with E-state index >= 15 is 0 Å². The molecule has 67 heavy (non-hydrogen) atoms. The minimum atomic E-state index is 0.560. The number of thiophene rings is 7. The Balaban J connectivity index is 0.000000138. The van der Waals surface area contributed by atoms with E-state index in [9.17, 15) is 0 Å². The predicted octanol–water partition coefficient (Wildman–Crippen LogP) is 22.9. The van der Waals surface area contributed by atoms with Crippen LogP contribution >= 0.6 is 79.4 Å². The first kappa shape index (κ1) is 49.5. The molecule has 0 saturated heterocycles. The van der Waals surface area contributed by atoms with Crippen molar-refractivity contribution in [1.29, 1.82) is 0 Å². The third-order valence-electron chi connectivity index (χ3n) is 12.0. The third-order valence-corrected chi connectivity index (χ3v) is 21.8. The molecule has 0 radical (unpaired) electrons. The maximum absolute atomic E-state index is 2.37. The van der Waals surface area contributed by atoms with Gasteiger partial charge in [-0.25, -0.2) is 0 Å². The molecule has 0 amide bonds. The molecule has 0 fully saturated rings. The maximum Gasteiger partial charge on any atom is 0.0449 e. The van der Waals surface area contributed by atoms with Crippen molar-refractivity contribution < 1.29 is 0 Å². The first-order chi connectivity index (χ1) is 32.1. The summed E-state index contributed by atoms with van der Waals surface area (Å²) < 4.78 is 0. The van der Waals surface area contributed by atoms with Gasteiger partial charge in [0.05, 0.1) is 0 Å². The second-order valence-corrected chi connectivity index (χ2v) is 26.9. The molecule has 0 aliphatic carbocycles. The van der Waals surface area contributed by atoms with Crippen molar-refractivity contribution in [2.24, 2.45) is 0 Å². The van der Waals surface area contributed by atoms with Crippen LogP contribution in [-0.4, -0.2) is 0 Å². The molecular formula is C60H64S7. The van der Waals surface area contributed by atoms with E-state index in [4.69, 9.17) is 0 Å². The summed E-state index contributed by atoms with van der Waals surface area (Å²) in [5.74, 6) is 3.57. The highest BCUT2D eigenvalue weighted by molar-refractivity contribution is 7.29. The topological polar surface area (TPSA) is 0 Å². The molecule has 10 rings (SSSR count). The van der Waals surface area contributed by atoms with Crippen LogP contribution in [0, 0.1) is 0 Å². The number of rotatable bonds is 11. The first-order valence-corrected chi connectivity index (χ1v) is 29.5. The van der Waals surface area contributed by atoms with Crippen LogP contribution in [0.3, 0.4) is 0 Å². The summed E-state index contributed by atoms with van der Waals surface area (Å²) in [7, 11) is 0. The molecule has 3 aromatic carbocycles. The smallest absolute Gasteiger partial charge is 0.0449 e. The zero-order valence-corrected chi connectivity index (χ0v) is 46.7. The largest absolute Gasteiger partial charge is 0.139 e. The van der Waals surface area contributed by atoms with Crippen LogP contribution in [0.4, 0.5) is 0 Å². The summed E-state index contributed by atoms with van der Waals surface area (Å²) in [5, 5.41) is 5.51. The van der Waals surface area contributed by atoms with Gasteiger partial charge in [0.15, 0.2) is 0 Å². The maximum atomic E-state index is 2.37. The Hall–Kier alpha value is -3.92. The Morgan fingerprint density at radius 2 is 0.463 bits per heavy atom. The van der Waals surface area contributed by atoms with Gasteiger partial charge in [-0.1, -0.05) is 119 Å². The zero-order chi connectivity index (χ0) is 47.5. The summed E-state index contributed by atoms with van der Waals surface area (Å²) in [4.78, 5) is 19.7. The Morgan fingerprint density at radius 3 is 0.672 bits per heavy atom. The summed E-state index contributed by atoms with van der Waals surface area (Å²) in [6, 6.07) is 49.9. The molecule has 0 unspecified atom stereocenters. The van der Waals surface area contributed by atoms with Gasteiger partial charge in [-0.15, -0.1) is 79.4 Å². The molecule has 7 aromatic heterocycles. The molecule has 7 heteroatoms. The average Bonchev–Trinajstić information content (AvgIpc) is 4.16. The van der Waals surface area contributed by atoms with E-state index in [1.54, 1.807) is 0 Å². The van der Waals surface area contributed by atoms with Crippen LogP contribution in [0.2, 0.25) is 0 Å². The lowest BCUT2D eigenvalue weighted by Gasteiger charge is -2.14. The molecule has 10 aromatic rings. The fraction of sp³-hybridized carbons (Fsp3) is 0.300. The Labute approximate surface area is 428 Å². The molecule has 0 atom stereocenters. The van der Waals surface area contributed by atoms with Gasteiger partial charge in [0.2, 0.25) is 0 Å². The SMILES string of the molecule is CC(C)c1ccc(-c2ccc(-c3ccc(-c4ccc(C(C)C)s4)s3)s2)s1.CC(C)c1ccc(-c2ccc(-c3ccc(C(C)C)s3)s2)s1.CC(C)c1cccc2cc3c(C(C)C)cccc3cc12. The molecule has 0 bridgehead atoms. The van der Waals surface area contributed by atoms with Crippen molar-refractivity contribution in [3.05, 3.63) is 164 Å². The fourth-order valence-corrected chi connectivity index (χ4v) is 15.6. The van der Waals surface area contributed by atoms with Gasteiger partial charge < -0.3 is 0 Å². The van der Waals surface area contributed by atoms with Crippen LogP contribution < -0.4 is 0 Å². The average molecular weight is 1010 g/mol. The standard InChI is InChI=1S/C22H22S4.C20H22.C18H20S3/c1-13(2)15-5-7-17(23-15)19-9-11-21(25-19)22-12-10-20(26-22)18-8-6-16(24-18)14(3)4;1-13(2)17-9-5-7-15-12-20-16(11-19(15)17)8-6-10-18(20)14(3)4;1-11(2)13-5-7-15(19-13)17-9-10-18(21-17)16-8-6-14(20-16)12(3)4/h5-14H,1-4H3;5-14H,1-4H3;5-12H,1-4H3. The van der Waals surface area contributed by atoms with Crippen molar-refractivity contribution >= 4 is 101 Å². The molecule has 0 aliphatic rings. The third kappa shape index (κ3) is 11.6. The highest BCUT2D eigenvalue weighted by Gasteiger charge is 2.15. The van der Waals surface area contributed by atoms with Gasteiger partial charge in [0, 0.05) is 68.3 Å². The van der Waals surface area contributed by atoms with Crippen molar-refractivity contribution in [3.63, 3.8) is 0 Å². The van der Waals surface area contributed by atoms with Crippen LogP contribution in [-0.2, 0) is 0 Å². The number of fused-ring (bicyclic) bond motifs is 2. The molecule has 0 saturated carbocycles. The summed E-state index contributed by atoms with van der Waals surface area (Å²) in [6.07, 6.45) is 0. The van der Waals surface area contributed by atoms with Crippen molar-refractivity contribution in [2.45, 2.75) is 119 Å². The van der Waals surface area contributed by atoms with E-state index in [0.717, 1.165) is 0 Å². The molecule has 346 valence electrons. The van der Waals surface area contributed by atoms with E-state index in [1.165, 1.54) is 101 Å². The van der Waals surface area contributed by atoms with Gasteiger partial charge in [-0.05, 0) is 165 Å². The monoisotopic (exact) mass is 1010 g/mol. The van der Waals surface area contributed by atoms with Crippen LogP contribution in [0.15, 0.2) is 133 Å². The normalized spacial score (nSPS) is 11.8. The van der Waals surface area contributed by atoms with Crippen molar-refractivity contribution in [2.75, 3.05) is 0 Å². The van der Waals surface area contributed by atoms with Crippen molar-refractivity contribution in [1.82, 2.24) is 0 Å². The minimum Gasteiger partial charge on any atom is -0.139 e. The van der Waals surface area contributed by atoms with Gasteiger partial charge in [-0.2, -0.15) is 0 Å². The molecule has 0 N–H and O–H groups in total. The van der Waals surface area contributed by atoms with E-state index in [1.807, 2.05) is 79.4 Å². The van der Waals surface area contributed by atoms with E-state index in [0.29, 0.717) is 35.5 Å². The predicted molar refractivity (Wildman–Crippen MR) is 311 cm³/mol. The second kappa shape index (κ2) is 21.8. The Bertz CT molecular complexity index is 2960. The number of benzene rings is 3. The molecule has 7 heterocycles. The molecule has 0 aliphatic heterocycles. The van der Waals surface area contributed by atoms with E-state index < -0.39 is 0 Å². The van der Waals surface area contributed by atoms with Gasteiger partial charge in [0.25, 0.3) is 0 Å². The zero-order valence-electron chi connectivity index (χ0n) is 41.0. The van der Waals surface area contributed by atoms with Gasteiger partial charge >= 0.3 is 0 Å². The van der Waals surface area contributed by atoms with E-state index in [-0.39, 0.29) is 0 Å². The number of hydrogen-bond donors (Lipinski definition) is 0. The van der Waals surface area contributed by atoms with Crippen LogP contribution in [0.5, 0.6) is 0 Å². The van der Waals surface area contributed by atoms with Gasteiger partial charge in [0.1, 0.15) is 0 Å². The highest BCUT2D eigenvalue weighted by atomic mass is 32.1. The quantitative estimate of drug-likeness (QED) is 0.113. The van der Waals surface area contributed by atoms with Crippen LogP contribution in [0.25, 0.3) is 70.3 Å². The van der Waals surface area contributed by atoms with Gasteiger partial charge in [-0.3, -0.25) is 0 Å². The first-order valence-electron chi connectivity index (χ1n) is 23.8. The molecule has 0 nitrogen and oxygen atoms in total. The Kier molecular flexibility index (Phi) is 16.1. The molecular weight excluding hydrogens is 945 g/mol. The number of hydrogen-bond acceptors (Lipinski definition) is 7. The minimum absolute atomic E-state index is 0.560. The van der Waals surface area contributed by atoms with E-state index in [2.05, 4.69) is 217 Å². The Morgan fingerprint density at radius 1 is 0.239 bits per heavy atom. The van der Waals surface area contributed by atoms with Crippen LogP contribution in [0.1, 0.15) is 149 Å². The summed E-state index contributed by atoms with van der Waals surface area (Å²) >= 11 is 13.4. The fourth-order valence-electron chi connectivity index (χ4n) is 8.10. The highest BCUT2D eigenvalue weighted by Crippen LogP contribution is 2.45.